The molecule has 0 saturated carbocycles. The number of piperazine rings is 1. The van der Waals surface area contributed by atoms with E-state index in [4.69, 9.17) is 0 Å². The van der Waals surface area contributed by atoms with Crippen LogP contribution in [0.1, 0.15) is 17.3 Å². The molecule has 114 valence electrons. The van der Waals surface area contributed by atoms with E-state index in [1.807, 2.05) is 0 Å². The molecule has 0 aromatic heterocycles. The van der Waals surface area contributed by atoms with Crippen molar-refractivity contribution in [3.05, 3.63) is 33.9 Å². The molecule has 1 fully saturated rings. The SMILES string of the molecule is CCN1CCN(C(=O)c2ccc(NC)c([N+](=O)[O-])c2)CC1. The molecule has 1 aliphatic heterocycles. The average molecular weight is 292 g/mol. The van der Waals surface area contributed by atoms with Crippen molar-refractivity contribution in [3.63, 3.8) is 0 Å². The Labute approximate surface area is 123 Å². The van der Waals surface area contributed by atoms with Crippen LogP contribution in [0.15, 0.2) is 18.2 Å². The van der Waals surface area contributed by atoms with Crippen LogP contribution in [0.2, 0.25) is 0 Å². The summed E-state index contributed by atoms with van der Waals surface area (Å²) in [6, 6.07) is 4.56. The number of hydrogen-bond acceptors (Lipinski definition) is 5. The fourth-order valence-electron chi connectivity index (χ4n) is 2.48. The molecular weight excluding hydrogens is 272 g/mol. The number of likely N-dealkylation sites (N-methyl/N-ethyl adjacent to an activating group) is 1. The highest BCUT2D eigenvalue weighted by Gasteiger charge is 2.23. The lowest BCUT2D eigenvalue weighted by Gasteiger charge is -2.34. The van der Waals surface area contributed by atoms with E-state index >= 15 is 0 Å². The maximum absolute atomic E-state index is 12.4. The Bertz CT molecular complexity index is 539. The Balaban J connectivity index is 2.16. The summed E-state index contributed by atoms with van der Waals surface area (Å²) >= 11 is 0. The molecule has 1 aromatic carbocycles. The number of nitro groups is 1. The van der Waals surface area contributed by atoms with Gasteiger partial charge in [-0.25, -0.2) is 0 Å². The highest BCUT2D eigenvalue weighted by atomic mass is 16.6. The molecule has 0 bridgehead atoms. The molecule has 1 amide bonds. The minimum Gasteiger partial charge on any atom is -0.383 e. The van der Waals surface area contributed by atoms with Crippen LogP contribution in [0.3, 0.4) is 0 Å². The lowest BCUT2D eigenvalue weighted by atomic mass is 10.1. The molecule has 0 aliphatic carbocycles. The van der Waals surface area contributed by atoms with E-state index in [0.717, 1.165) is 19.6 Å². The van der Waals surface area contributed by atoms with Gasteiger partial charge >= 0.3 is 0 Å². The van der Waals surface area contributed by atoms with Crippen molar-refractivity contribution in [1.29, 1.82) is 0 Å². The molecule has 1 heterocycles. The molecule has 0 unspecified atom stereocenters. The highest BCUT2D eigenvalue weighted by Crippen LogP contribution is 2.25. The van der Waals surface area contributed by atoms with Gasteiger partial charge in [0, 0.05) is 44.9 Å². The number of amides is 1. The van der Waals surface area contributed by atoms with Crippen molar-refractivity contribution in [2.75, 3.05) is 45.1 Å². The lowest BCUT2D eigenvalue weighted by Crippen LogP contribution is -2.48. The molecule has 0 radical (unpaired) electrons. The molecule has 7 heteroatoms. The van der Waals surface area contributed by atoms with E-state index in [1.54, 1.807) is 24.1 Å². The first-order valence-electron chi connectivity index (χ1n) is 7.04. The number of hydrogen-bond donors (Lipinski definition) is 1. The van der Waals surface area contributed by atoms with Gasteiger partial charge in [0.05, 0.1) is 4.92 Å². The van der Waals surface area contributed by atoms with Crippen LogP contribution in [0.5, 0.6) is 0 Å². The highest BCUT2D eigenvalue weighted by molar-refractivity contribution is 5.95. The van der Waals surface area contributed by atoms with Crippen molar-refractivity contribution >= 4 is 17.3 Å². The van der Waals surface area contributed by atoms with Gasteiger partial charge in [-0.2, -0.15) is 0 Å². The number of nitro benzene ring substituents is 1. The maximum atomic E-state index is 12.4. The van der Waals surface area contributed by atoms with Gasteiger partial charge in [0.15, 0.2) is 0 Å². The molecule has 1 aromatic rings. The average Bonchev–Trinajstić information content (AvgIpc) is 2.53. The second kappa shape index (κ2) is 6.53. The Hall–Kier alpha value is -2.15. The van der Waals surface area contributed by atoms with Crippen LogP contribution in [-0.2, 0) is 0 Å². The minimum absolute atomic E-state index is 0.0736. The monoisotopic (exact) mass is 292 g/mol. The summed E-state index contributed by atoms with van der Waals surface area (Å²) < 4.78 is 0. The molecule has 7 nitrogen and oxygen atoms in total. The van der Waals surface area contributed by atoms with Crippen LogP contribution in [-0.4, -0.2) is 60.4 Å². The molecule has 1 aliphatic rings. The Kier molecular flexibility index (Phi) is 4.74. The van der Waals surface area contributed by atoms with Crippen LogP contribution < -0.4 is 5.32 Å². The Morgan fingerprint density at radius 1 is 1.33 bits per heavy atom. The van der Waals surface area contributed by atoms with Crippen LogP contribution in [0, 0.1) is 10.1 Å². The quantitative estimate of drug-likeness (QED) is 0.670. The number of benzene rings is 1. The molecule has 0 spiro atoms. The van der Waals surface area contributed by atoms with Crippen molar-refractivity contribution in [2.45, 2.75) is 6.92 Å². The number of nitrogens with zero attached hydrogens (tertiary/aromatic N) is 3. The van der Waals surface area contributed by atoms with Gasteiger partial charge < -0.3 is 15.1 Å². The third-order valence-electron chi connectivity index (χ3n) is 3.82. The van der Waals surface area contributed by atoms with Gasteiger partial charge in [0.25, 0.3) is 11.6 Å². The predicted octanol–water partition coefficient (Wildman–Crippen LogP) is 1.41. The lowest BCUT2D eigenvalue weighted by molar-refractivity contribution is -0.384. The summed E-state index contributed by atoms with van der Waals surface area (Å²) in [6.45, 7) is 6.09. The summed E-state index contributed by atoms with van der Waals surface area (Å²) in [7, 11) is 1.62. The van der Waals surface area contributed by atoms with E-state index < -0.39 is 4.92 Å². The van der Waals surface area contributed by atoms with Gasteiger partial charge in [0.2, 0.25) is 0 Å². The summed E-state index contributed by atoms with van der Waals surface area (Å²) in [6.07, 6.45) is 0. The number of nitrogens with one attached hydrogen (secondary N) is 1. The van der Waals surface area contributed by atoms with Crippen LogP contribution in [0.25, 0.3) is 0 Å². The zero-order valence-electron chi connectivity index (χ0n) is 12.3. The van der Waals surface area contributed by atoms with Gasteiger partial charge in [-0.3, -0.25) is 14.9 Å². The number of carbonyl (C=O) groups is 1. The van der Waals surface area contributed by atoms with E-state index in [1.165, 1.54) is 6.07 Å². The van der Waals surface area contributed by atoms with E-state index in [9.17, 15) is 14.9 Å². The molecular formula is C14H20N4O3. The summed E-state index contributed by atoms with van der Waals surface area (Å²) in [5.41, 5.74) is 0.702. The topological polar surface area (TPSA) is 78.7 Å². The second-order valence-electron chi connectivity index (χ2n) is 4.97. The largest absolute Gasteiger partial charge is 0.383 e. The van der Waals surface area contributed by atoms with Crippen molar-refractivity contribution in [3.8, 4) is 0 Å². The second-order valence-corrected chi connectivity index (χ2v) is 4.97. The predicted molar refractivity (Wildman–Crippen MR) is 80.7 cm³/mol. The fourth-order valence-corrected chi connectivity index (χ4v) is 2.48. The zero-order valence-corrected chi connectivity index (χ0v) is 12.3. The third kappa shape index (κ3) is 3.30. The van der Waals surface area contributed by atoms with E-state index in [2.05, 4.69) is 17.1 Å². The Morgan fingerprint density at radius 2 is 2.00 bits per heavy atom. The van der Waals surface area contributed by atoms with Crippen molar-refractivity contribution in [1.82, 2.24) is 9.80 Å². The molecule has 2 rings (SSSR count). The number of rotatable bonds is 4. The zero-order chi connectivity index (χ0) is 15.4. The minimum atomic E-state index is -0.475. The van der Waals surface area contributed by atoms with Gasteiger partial charge in [-0.1, -0.05) is 6.92 Å². The maximum Gasteiger partial charge on any atom is 0.293 e. The first-order valence-corrected chi connectivity index (χ1v) is 7.04. The standard InChI is InChI=1S/C14H20N4O3/c1-3-16-6-8-17(9-7-16)14(19)11-4-5-12(15-2)13(10-11)18(20)21/h4-5,10,15H,3,6-9H2,1-2H3. The molecule has 21 heavy (non-hydrogen) atoms. The van der Waals surface area contributed by atoms with Gasteiger partial charge in [-0.05, 0) is 18.7 Å². The van der Waals surface area contributed by atoms with Crippen LogP contribution in [0.4, 0.5) is 11.4 Å². The summed E-state index contributed by atoms with van der Waals surface area (Å²) in [5, 5.41) is 13.8. The van der Waals surface area contributed by atoms with Crippen LogP contribution >= 0.6 is 0 Å². The smallest absolute Gasteiger partial charge is 0.293 e. The Morgan fingerprint density at radius 3 is 2.52 bits per heavy atom. The molecule has 0 atom stereocenters. The molecule has 1 N–H and O–H groups in total. The van der Waals surface area contributed by atoms with E-state index in [-0.39, 0.29) is 11.6 Å². The van der Waals surface area contributed by atoms with Gasteiger partial charge in [0.1, 0.15) is 5.69 Å². The number of anilines is 1. The van der Waals surface area contributed by atoms with E-state index in [0.29, 0.717) is 24.3 Å². The number of carbonyl (C=O) groups excluding carboxylic acids is 1. The van der Waals surface area contributed by atoms with Gasteiger partial charge in [-0.15, -0.1) is 0 Å². The van der Waals surface area contributed by atoms with Crippen molar-refractivity contribution < 1.29 is 9.72 Å². The summed E-state index contributed by atoms with van der Waals surface area (Å²) in [4.78, 5) is 27.0. The first-order chi connectivity index (χ1) is 10.1. The molecule has 1 saturated heterocycles. The third-order valence-corrected chi connectivity index (χ3v) is 3.82. The summed E-state index contributed by atoms with van der Waals surface area (Å²) in [5.74, 6) is -0.142. The normalized spacial score (nSPS) is 15.8. The first kappa shape index (κ1) is 15.2. The fraction of sp³-hybridized carbons (Fsp3) is 0.500. The van der Waals surface area contributed by atoms with Crippen molar-refractivity contribution in [2.24, 2.45) is 0 Å².